The first-order valence-corrected chi connectivity index (χ1v) is 6.73. The molecule has 2 aromatic rings. The van der Waals surface area contributed by atoms with Crippen LogP contribution in [0.5, 0.6) is 5.75 Å². The fourth-order valence-corrected chi connectivity index (χ4v) is 2.14. The average molecular weight is 288 g/mol. The Kier molecular flexibility index (Phi) is 4.31. The first-order chi connectivity index (χ1) is 9.94. The molecule has 0 fully saturated rings. The molecule has 0 unspecified atom stereocenters. The standard InChI is InChI=1S/C16H20N2O3/c1-16(2,15-17-9-10-18(15)3)11-21-14(19)12-5-7-13(20-4)8-6-12/h5-10H,11H2,1-4H3. The predicted molar refractivity (Wildman–Crippen MR) is 79.5 cm³/mol. The van der Waals surface area contributed by atoms with E-state index in [-0.39, 0.29) is 18.0 Å². The van der Waals surface area contributed by atoms with Gasteiger partial charge in [-0.05, 0) is 38.1 Å². The Morgan fingerprint density at radius 2 is 1.95 bits per heavy atom. The van der Waals surface area contributed by atoms with Gasteiger partial charge in [-0.2, -0.15) is 0 Å². The van der Waals surface area contributed by atoms with Crippen LogP contribution in [0.15, 0.2) is 36.7 Å². The largest absolute Gasteiger partial charge is 0.497 e. The molecular formula is C16H20N2O3. The van der Waals surface area contributed by atoms with E-state index in [0.29, 0.717) is 11.3 Å². The number of hydrogen-bond acceptors (Lipinski definition) is 4. The van der Waals surface area contributed by atoms with Gasteiger partial charge in [0, 0.05) is 19.4 Å². The summed E-state index contributed by atoms with van der Waals surface area (Å²) in [5, 5.41) is 0. The van der Waals surface area contributed by atoms with E-state index in [2.05, 4.69) is 4.98 Å². The lowest BCUT2D eigenvalue weighted by Gasteiger charge is -2.23. The van der Waals surface area contributed by atoms with Crippen LogP contribution in [0.1, 0.15) is 30.0 Å². The zero-order valence-electron chi connectivity index (χ0n) is 12.8. The Bertz CT molecular complexity index is 615. The first-order valence-electron chi connectivity index (χ1n) is 6.73. The predicted octanol–water partition coefficient (Wildman–Crippen LogP) is 2.56. The summed E-state index contributed by atoms with van der Waals surface area (Å²) in [7, 11) is 3.51. The zero-order valence-corrected chi connectivity index (χ0v) is 12.8. The number of aromatic nitrogens is 2. The van der Waals surface area contributed by atoms with Crippen LogP contribution >= 0.6 is 0 Å². The Hall–Kier alpha value is -2.30. The van der Waals surface area contributed by atoms with Gasteiger partial charge in [0.15, 0.2) is 0 Å². The SMILES string of the molecule is COc1ccc(C(=O)OCC(C)(C)c2nccn2C)cc1. The normalized spacial score (nSPS) is 11.2. The fourth-order valence-electron chi connectivity index (χ4n) is 2.14. The summed E-state index contributed by atoms with van der Waals surface area (Å²) in [6.45, 7) is 4.26. The summed E-state index contributed by atoms with van der Waals surface area (Å²) in [4.78, 5) is 16.4. The van der Waals surface area contributed by atoms with Crippen molar-refractivity contribution < 1.29 is 14.3 Å². The van der Waals surface area contributed by atoms with Crippen molar-refractivity contribution in [3.05, 3.63) is 48.0 Å². The highest BCUT2D eigenvalue weighted by Gasteiger charge is 2.27. The van der Waals surface area contributed by atoms with Crippen LogP contribution in [-0.4, -0.2) is 29.2 Å². The number of benzene rings is 1. The van der Waals surface area contributed by atoms with Gasteiger partial charge in [-0.1, -0.05) is 0 Å². The van der Waals surface area contributed by atoms with Crippen molar-refractivity contribution in [2.75, 3.05) is 13.7 Å². The van der Waals surface area contributed by atoms with Crippen molar-refractivity contribution in [2.45, 2.75) is 19.3 Å². The average Bonchev–Trinajstić information content (AvgIpc) is 2.92. The number of hydrogen-bond donors (Lipinski definition) is 0. The topological polar surface area (TPSA) is 53.4 Å². The van der Waals surface area contributed by atoms with E-state index in [4.69, 9.17) is 9.47 Å². The summed E-state index contributed by atoms with van der Waals surface area (Å²) in [5.74, 6) is 1.24. The molecule has 0 aliphatic heterocycles. The van der Waals surface area contributed by atoms with Gasteiger partial charge in [0.2, 0.25) is 0 Å². The van der Waals surface area contributed by atoms with E-state index in [1.165, 1.54) is 0 Å². The Morgan fingerprint density at radius 3 is 2.48 bits per heavy atom. The molecule has 0 spiro atoms. The van der Waals surface area contributed by atoms with Gasteiger partial charge < -0.3 is 14.0 Å². The molecule has 0 N–H and O–H groups in total. The summed E-state index contributed by atoms with van der Waals surface area (Å²) >= 11 is 0. The van der Waals surface area contributed by atoms with E-state index >= 15 is 0 Å². The number of ether oxygens (including phenoxy) is 2. The highest BCUT2D eigenvalue weighted by Crippen LogP contribution is 2.22. The summed E-state index contributed by atoms with van der Waals surface area (Å²) in [5.41, 5.74) is 0.159. The van der Waals surface area contributed by atoms with Gasteiger partial charge in [0.05, 0.1) is 18.1 Å². The maximum Gasteiger partial charge on any atom is 0.338 e. The second-order valence-electron chi connectivity index (χ2n) is 5.55. The fraction of sp³-hybridized carbons (Fsp3) is 0.375. The van der Waals surface area contributed by atoms with Crippen LogP contribution < -0.4 is 4.74 Å². The van der Waals surface area contributed by atoms with Gasteiger partial charge in [-0.15, -0.1) is 0 Å². The maximum atomic E-state index is 12.1. The number of esters is 1. The maximum absolute atomic E-state index is 12.1. The first kappa shape index (κ1) is 15.1. The lowest BCUT2D eigenvalue weighted by molar-refractivity contribution is 0.0418. The molecule has 0 atom stereocenters. The summed E-state index contributed by atoms with van der Waals surface area (Å²) in [6, 6.07) is 6.85. The molecule has 5 heteroatoms. The lowest BCUT2D eigenvalue weighted by Crippen LogP contribution is -2.29. The lowest BCUT2D eigenvalue weighted by atomic mass is 9.93. The molecule has 0 radical (unpaired) electrons. The molecule has 0 aliphatic rings. The second-order valence-corrected chi connectivity index (χ2v) is 5.55. The van der Waals surface area contributed by atoms with Gasteiger partial charge >= 0.3 is 5.97 Å². The molecule has 0 saturated heterocycles. The van der Waals surface area contributed by atoms with E-state index in [1.807, 2.05) is 31.7 Å². The summed E-state index contributed by atoms with van der Waals surface area (Å²) in [6.07, 6.45) is 3.62. The van der Waals surface area contributed by atoms with E-state index in [9.17, 15) is 4.79 Å². The molecule has 1 aromatic heterocycles. The van der Waals surface area contributed by atoms with Crippen LogP contribution in [0.3, 0.4) is 0 Å². The molecule has 112 valence electrons. The Morgan fingerprint density at radius 1 is 1.29 bits per heavy atom. The number of aryl methyl sites for hydroxylation is 1. The molecular weight excluding hydrogens is 268 g/mol. The van der Waals surface area contributed by atoms with Gasteiger partial charge in [0.25, 0.3) is 0 Å². The van der Waals surface area contributed by atoms with Crippen molar-refractivity contribution in [2.24, 2.45) is 7.05 Å². The summed E-state index contributed by atoms with van der Waals surface area (Å²) < 4.78 is 12.4. The molecule has 2 rings (SSSR count). The van der Waals surface area contributed by atoms with Gasteiger partial charge in [0.1, 0.15) is 18.2 Å². The third-order valence-electron chi connectivity index (χ3n) is 3.32. The highest BCUT2D eigenvalue weighted by atomic mass is 16.5. The Balaban J connectivity index is 2.01. The Labute approximate surface area is 124 Å². The molecule has 5 nitrogen and oxygen atoms in total. The third-order valence-corrected chi connectivity index (χ3v) is 3.32. The molecule has 1 aromatic carbocycles. The van der Waals surface area contributed by atoms with Crippen LogP contribution in [0.4, 0.5) is 0 Å². The molecule has 0 bridgehead atoms. The van der Waals surface area contributed by atoms with Crippen molar-refractivity contribution in [1.29, 1.82) is 0 Å². The van der Waals surface area contributed by atoms with E-state index < -0.39 is 0 Å². The molecule has 0 amide bonds. The monoisotopic (exact) mass is 288 g/mol. The van der Waals surface area contributed by atoms with Gasteiger partial charge in [-0.25, -0.2) is 9.78 Å². The van der Waals surface area contributed by atoms with Gasteiger partial charge in [-0.3, -0.25) is 0 Å². The molecule has 1 heterocycles. The van der Waals surface area contributed by atoms with Crippen LogP contribution in [0.25, 0.3) is 0 Å². The number of methoxy groups -OCH3 is 1. The minimum atomic E-state index is -0.347. The van der Waals surface area contributed by atoms with Crippen LogP contribution in [-0.2, 0) is 17.2 Å². The highest BCUT2D eigenvalue weighted by molar-refractivity contribution is 5.89. The second kappa shape index (κ2) is 5.99. The number of nitrogens with zero attached hydrogens (tertiary/aromatic N) is 2. The number of imidazole rings is 1. The van der Waals surface area contributed by atoms with Crippen LogP contribution in [0, 0.1) is 0 Å². The third kappa shape index (κ3) is 3.42. The minimum Gasteiger partial charge on any atom is -0.497 e. The number of carbonyl (C=O) groups is 1. The van der Waals surface area contributed by atoms with E-state index in [1.54, 1.807) is 37.6 Å². The quantitative estimate of drug-likeness (QED) is 0.793. The number of rotatable bonds is 5. The van der Waals surface area contributed by atoms with Crippen molar-refractivity contribution >= 4 is 5.97 Å². The van der Waals surface area contributed by atoms with Crippen molar-refractivity contribution in [3.8, 4) is 5.75 Å². The molecule has 0 aliphatic carbocycles. The minimum absolute atomic E-state index is 0.267. The van der Waals surface area contributed by atoms with Crippen molar-refractivity contribution in [3.63, 3.8) is 0 Å². The zero-order chi connectivity index (χ0) is 15.5. The van der Waals surface area contributed by atoms with Crippen LogP contribution in [0.2, 0.25) is 0 Å². The molecule has 0 saturated carbocycles. The number of carbonyl (C=O) groups excluding carboxylic acids is 1. The smallest absolute Gasteiger partial charge is 0.338 e. The van der Waals surface area contributed by atoms with Crippen molar-refractivity contribution in [1.82, 2.24) is 9.55 Å². The molecule has 21 heavy (non-hydrogen) atoms. The van der Waals surface area contributed by atoms with E-state index in [0.717, 1.165) is 5.82 Å².